The minimum atomic E-state index is -0.265. The first kappa shape index (κ1) is 25.3. The van der Waals surface area contributed by atoms with Crippen LogP contribution in [0.15, 0.2) is 24.3 Å². The molecule has 1 N–H and O–H groups in total. The number of carbonyl (C=O) groups is 2. The van der Waals surface area contributed by atoms with Gasteiger partial charge in [0.05, 0.1) is 10.7 Å². The van der Waals surface area contributed by atoms with Crippen molar-refractivity contribution in [2.75, 3.05) is 40.3 Å². The van der Waals surface area contributed by atoms with Crippen LogP contribution in [-0.4, -0.2) is 66.9 Å². The first-order valence-electron chi connectivity index (χ1n) is 11.5. The Balaban J connectivity index is 1.52. The number of aromatic nitrogens is 1. The lowest BCUT2D eigenvalue weighted by atomic mass is 9.91. The highest BCUT2D eigenvalue weighted by Crippen LogP contribution is 2.26. The molecule has 0 aliphatic carbocycles. The van der Waals surface area contributed by atoms with Crippen molar-refractivity contribution < 1.29 is 14.0 Å². The molecule has 180 valence electrons. The van der Waals surface area contributed by atoms with Gasteiger partial charge < -0.3 is 15.1 Å². The van der Waals surface area contributed by atoms with Gasteiger partial charge in [0.2, 0.25) is 5.91 Å². The van der Waals surface area contributed by atoms with E-state index in [0.717, 1.165) is 22.8 Å². The fraction of sp³-hybridized carbons (Fsp3) is 0.560. The van der Waals surface area contributed by atoms with E-state index in [-0.39, 0.29) is 29.0 Å². The zero-order valence-corrected chi connectivity index (χ0v) is 21.1. The van der Waals surface area contributed by atoms with Crippen molar-refractivity contribution in [3.63, 3.8) is 0 Å². The van der Waals surface area contributed by atoms with E-state index in [0.29, 0.717) is 43.8 Å². The van der Waals surface area contributed by atoms with Gasteiger partial charge in [0, 0.05) is 38.5 Å². The predicted molar refractivity (Wildman–Crippen MR) is 130 cm³/mol. The molecule has 0 atom stereocenters. The van der Waals surface area contributed by atoms with Crippen molar-refractivity contribution in [3.8, 4) is 0 Å². The number of hydrogen-bond donors (Lipinski definition) is 1. The lowest BCUT2D eigenvalue weighted by molar-refractivity contribution is -0.126. The van der Waals surface area contributed by atoms with E-state index < -0.39 is 0 Å². The number of benzene rings is 1. The molecule has 1 aliphatic rings. The van der Waals surface area contributed by atoms with Gasteiger partial charge in [0.1, 0.15) is 10.7 Å². The first-order chi connectivity index (χ1) is 15.5. The number of hydrogen-bond acceptors (Lipinski definition) is 5. The summed E-state index contributed by atoms with van der Waals surface area (Å²) in [5.41, 5.74) is 1.69. The second-order valence-corrected chi connectivity index (χ2v) is 11.1. The molecule has 2 aromatic rings. The fourth-order valence-corrected chi connectivity index (χ4v) is 5.44. The summed E-state index contributed by atoms with van der Waals surface area (Å²) < 4.78 is 13.1. The Labute approximate surface area is 200 Å². The Morgan fingerprint density at radius 1 is 1.21 bits per heavy atom. The highest BCUT2D eigenvalue weighted by Gasteiger charge is 2.30. The van der Waals surface area contributed by atoms with Gasteiger partial charge >= 0.3 is 0 Å². The SMILES string of the molecule is Cc1nc(Cc2ccc(F)cc2)sc1C(=O)N1CCC(C(=O)NCC(C)(C)CN(C)C)CC1. The van der Waals surface area contributed by atoms with Crippen molar-refractivity contribution in [2.24, 2.45) is 11.3 Å². The molecule has 1 aromatic carbocycles. The average molecular weight is 475 g/mol. The second kappa shape index (κ2) is 10.7. The number of thiazole rings is 1. The Bertz CT molecular complexity index is 963. The molecule has 1 aliphatic heterocycles. The van der Waals surface area contributed by atoms with Gasteiger partial charge in [-0.3, -0.25) is 9.59 Å². The van der Waals surface area contributed by atoms with Crippen LogP contribution in [0.25, 0.3) is 0 Å². The van der Waals surface area contributed by atoms with Gasteiger partial charge in [-0.05, 0) is 57.0 Å². The highest BCUT2D eigenvalue weighted by molar-refractivity contribution is 7.13. The highest BCUT2D eigenvalue weighted by atomic mass is 32.1. The van der Waals surface area contributed by atoms with Gasteiger partial charge in [-0.25, -0.2) is 9.37 Å². The summed E-state index contributed by atoms with van der Waals surface area (Å²) >= 11 is 1.40. The van der Waals surface area contributed by atoms with E-state index >= 15 is 0 Å². The topological polar surface area (TPSA) is 65.5 Å². The molecular formula is C25H35FN4O2S. The van der Waals surface area contributed by atoms with Crippen molar-refractivity contribution in [1.82, 2.24) is 20.1 Å². The monoisotopic (exact) mass is 474 g/mol. The number of piperidine rings is 1. The van der Waals surface area contributed by atoms with E-state index in [1.807, 2.05) is 25.9 Å². The summed E-state index contributed by atoms with van der Waals surface area (Å²) in [6, 6.07) is 6.35. The number of halogens is 1. The van der Waals surface area contributed by atoms with Crippen LogP contribution in [0.3, 0.4) is 0 Å². The lowest BCUT2D eigenvalue weighted by Gasteiger charge is -2.33. The van der Waals surface area contributed by atoms with Crippen molar-refractivity contribution in [2.45, 2.75) is 40.0 Å². The van der Waals surface area contributed by atoms with Gasteiger partial charge in [0.25, 0.3) is 5.91 Å². The molecule has 1 saturated heterocycles. The van der Waals surface area contributed by atoms with E-state index in [1.165, 1.54) is 23.5 Å². The molecule has 0 unspecified atom stereocenters. The summed E-state index contributed by atoms with van der Waals surface area (Å²) in [5.74, 6) is -0.245. The zero-order valence-electron chi connectivity index (χ0n) is 20.3. The quantitative estimate of drug-likeness (QED) is 0.633. The van der Waals surface area contributed by atoms with Crippen molar-refractivity contribution >= 4 is 23.2 Å². The van der Waals surface area contributed by atoms with E-state index in [1.54, 1.807) is 12.1 Å². The first-order valence-corrected chi connectivity index (χ1v) is 12.3. The summed E-state index contributed by atoms with van der Waals surface area (Å²) in [5, 5.41) is 3.96. The molecule has 0 radical (unpaired) electrons. The second-order valence-electron chi connectivity index (χ2n) is 10.0. The van der Waals surface area contributed by atoms with Gasteiger partial charge in [0.15, 0.2) is 0 Å². The molecule has 2 amide bonds. The molecule has 0 bridgehead atoms. The minimum absolute atomic E-state index is 0.00510. The van der Waals surface area contributed by atoms with Gasteiger partial charge in [-0.1, -0.05) is 26.0 Å². The Morgan fingerprint density at radius 3 is 2.45 bits per heavy atom. The van der Waals surface area contributed by atoms with Crippen LogP contribution in [0.5, 0.6) is 0 Å². The van der Waals surface area contributed by atoms with E-state index in [9.17, 15) is 14.0 Å². The maximum absolute atomic E-state index is 13.1. The number of likely N-dealkylation sites (tertiary alicyclic amines) is 1. The Hall–Kier alpha value is -2.32. The number of nitrogens with one attached hydrogen (secondary N) is 1. The maximum atomic E-state index is 13.1. The minimum Gasteiger partial charge on any atom is -0.355 e. The summed E-state index contributed by atoms with van der Waals surface area (Å²) in [6.45, 7) is 8.84. The molecule has 2 heterocycles. The maximum Gasteiger partial charge on any atom is 0.265 e. The van der Waals surface area contributed by atoms with Crippen LogP contribution in [-0.2, 0) is 11.2 Å². The Morgan fingerprint density at radius 2 is 1.85 bits per heavy atom. The van der Waals surface area contributed by atoms with Gasteiger partial charge in [-0.2, -0.15) is 0 Å². The van der Waals surface area contributed by atoms with E-state index in [2.05, 4.69) is 29.0 Å². The number of aryl methyl sites for hydroxylation is 1. The summed E-state index contributed by atoms with van der Waals surface area (Å²) in [6.07, 6.45) is 1.92. The van der Waals surface area contributed by atoms with Crippen LogP contribution < -0.4 is 5.32 Å². The predicted octanol–water partition coefficient (Wildman–Crippen LogP) is 3.74. The zero-order chi connectivity index (χ0) is 24.2. The molecule has 1 aromatic heterocycles. The molecule has 3 rings (SSSR count). The normalized spacial score (nSPS) is 15.2. The van der Waals surface area contributed by atoms with Crippen LogP contribution >= 0.6 is 11.3 Å². The van der Waals surface area contributed by atoms with Crippen molar-refractivity contribution in [3.05, 3.63) is 51.2 Å². The third kappa shape index (κ3) is 7.08. The molecule has 6 nitrogen and oxygen atoms in total. The summed E-state index contributed by atoms with van der Waals surface area (Å²) in [7, 11) is 4.07. The smallest absolute Gasteiger partial charge is 0.265 e. The number of amides is 2. The van der Waals surface area contributed by atoms with Crippen LogP contribution in [0, 0.1) is 24.1 Å². The number of nitrogens with zero attached hydrogens (tertiary/aromatic N) is 3. The van der Waals surface area contributed by atoms with E-state index in [4.69, 9.17) is 0 Å². The molecule has 1 fully saturated rings. The molecule has 0 saturated carbocycles. The molecule has 8 heteroatoms. The fourth-order valence-electron chi connectivity index (χ4n) is 4.37. The standard InChI is InChI=1S/C25H35FN4O2S/c1-17-22(33-21(28-17)14-18-6-8-20(26)9-7-18)24(32)30-12-10-19(11-13-30)23(31)27-15-25(2,3)16-29(4)5/h6-9,19H,10-16H2,1-5H3,(H,27,31). The third-order valence-electron chi connectivity index (χ3n) is 5.94. The summed E-state index contributed by atoms with van der Waals surface area (Å²) in [4.78, 5) is 35.0. The molecule has 33 heavy (non-hydrogen) atoms. The lowest BCUT2D eigenvalue weighted by Crippen LogP contribution is -2.46. The molecular weight excluding hydrogens is 439 g/mol. The average Bonchev–Trinajstić information content (AvgIpc) is 3.12. The van der Waals surface area contributed by atoms with Crippen molar-refractivity contribution in [1.29, 1.82) is 0 Å². The van der Waals surface area contributed by atoms with Crippen LogP contribution in [0.4, 0.5) is 4.39 Å². The molecule has 0 spiro atoms. The number of carbonyl (C=O) groups excluding carboxylic acids is 2. The van der Waals surface area contributed by atoms with Crippen LogP contribution in [0.1, 0.15) is 52.6 Å². The number of rotatable bonds is 8. The third-order valence-corrected chi connectivity index (χ3v) is 7.09. The van der Waals surface area contributed by atoms with Gasteiger partial charge in [-0.15, -0.1) is 11.3 Å². The van der Waals surface area contributed by atoms with Crippen LogP contribution in [0.2, 0.25) is 0 Å². The largest absolute Gasteiger partial charge is 0.355 e. The Kier molecular flexibility index (Phi) is 8.23.